The molecule has 0 fully saturated rings. The van der Waals surface area contributed by atoms with E-state index < -0.39 is 0 Å². The van der Waals surface area contributed by atoms with Crippen LogP contribution in [-0.4, -0.2) is 0 Å². The molecule has 0 heterocycles. The average Bonchev–Trinajstić information content (AvgIpc) is 0. The van der Waals surface area contributed by atoms with Crippen molar-refractivity contribution in [2.45, 2.75) is 186 Å². The first kappa shape index (κ1) is 1160. The van der Waals surface area contributed by atoms with Crippen LogP contribution in [0, 0.1) is 0 Å². The Balaban J connectivity index is 0. The van der Waals surface area contributed by atoms with Crippen LogP contribution in [0.15, 0.2) is 0 Å². The van der Waals surface area contributed by atoms with Gasteiger partial charge in [0.1, 0.15) is 0 Å². The van der Waals surface area contributed by atoms with E-state index in [9.17, 15) is 0 Å². The van der Waals surface area contributed by atoms with E-state index >= 15 is 0 Å². The third-order valence-electron chi connectivity index (χ3n) is 0. The van der Waals surface area contributed by atoms with Crippen molar-refractivity contribution in [3.05, 3.63) is 0 Å². The number of rotatable bonds is 0. The molecule has 0 bridgehead atoms. The van der Waals surface area contributed by atoms with E-state index in [1.807, 2.05) is 0 Å². The molecule has 2 nitrogen and oxygen atoms in total. The number of hydrogen-bond donors (Lipinski definition) is 2. The first-order chi connectivity index (χ1) is 0. The number of halogens is 4. The van der Waals surface area contributed by atoms with Crippen LogP contribution in [0.4, 0.5) is 9.41 Å². The second kappa shape index (κ2) is 1110. The van der Waals surface area contributed by atoms with Crippen molar-refractivity contribution >= 4 is 203 Å². The van der Waals surface area contributed by atoms with Gasteiger partial charge in [0.25, 0.3) is 0 Å². The van der Waals surface area contributed by atoms with Crippen LogP contribution < -0.4 is 115 Å². The van der Waals surface area contributed by atoms with Crippen LogP contribution in [0.3, 0.4) is 0 Å². The van der Waals surface area contributed by atoms with Crippen LogP contribution in [0.25, 0.3) is 0 Å². The first-order valence-corrected chi connectivity index (χ1v) is 0. The van der Waals surface area contributed by atoms with Gasteiger partial charge in [-0.15, -0.1) is 48.0 Å². The van der Waals surface area contributed by atoms with Crippen molar-refractivity contribution in [2.24, 2.45) is 0 Å². The summed E-state index contributed by atoms with van der Waals surface area (Å²) < 4.78 is 0. The molecular weight excluding hydrogens is 2920 g/mol. The summed E-state index contributed by atoms with van der Waals surface area (Å²) in [4.78, 5) is 0. The minimum absolute atomic E-state index is 0. The van der Waals surface area contributed by atoms with E-state index in [1.165, 1.54) is 0 Å². The smallest absolute Gasteiger partial charge is 1.00 e. The molecule has 0 aliphatic carbocycles. The summed E-state index contributed by atoms with van der Waals surface area (Å²) in [6.45, 7) is 0. The van der Waals surface area contributed by atoms with Gasteiger partial charge in [-0.1, -0.05) is 186 Å². The largest absolute Gasteiger partial charge is 1.00 e. The van der Waals surface area contributed by atoms with Gasteiger partial charge in [-0.2, -0.15) is 155 Å². The molecule has 0 spiro atoms. The molecule has 61 heavy (non-hydrogen) atoms. The minimum Gasteiger partial charge on any atom is -1.00 e. The monoisotopic (exact) mass is 3080 g/mol. The molecule has 2 unspecified atom stereocenters. The third-order valence-corrected chi connectivity index (χ3v) is 0. The Bertz CT molecular complexity index is 193. The van der Waals surface area contributed by atoms with Gasteiger partial charge in [0.2, 0.25) is 0 Å². The van der Waals surface area contributed by atoms with Gasteiger partial charge in [-0.05, 0) is 0 Å². The molecular formula is C25H146F2I2K2N2P2S10V4W6Y6. The van der Waals surface area contributed by atoms with Crippen molar-refractivity contribution in [1.82, 2.24) is 12.3 Å². The Kier molecular flexibility index (Phi) is 21100. The fourth-order valence-corrected chi connectivity index (χ4v) is 0. The van der Waals surface area contributed by atoms with Crippen LogP contribution in [0.1, 0.15) is 194 Å². The van der Waals surface area contributed by atoms with Gasteiger partial charge in [0.05, 0.1) is 0 Å². The fourth-order valence-electron chi connectivity index (χ4n) is 0. The molecule has 0 rings (SSSR count). The molecule has 0 amide bonds. The van der Waals surface area contributed by atoms with Gasteiger partial charge >= 0.3 is 103 Å². The molecule has 0 aromatic heterocycles. The molecule has 2 atom stereocenters. The molecule has 0 saturated heterocycles. The predicted molar refractivity (Wildman–Crippen MR) is 351 cm³/mol. The molecule has 430 valence electrons. The Hall–Kier alpha value is 22.0. The Labute approximate surface area is 895 Å². The molecule has 10 radical (unpaired) electrons. The summed E-state index contributed by atoms with van der Waals surface area (Å²) in [5.74, 6) is 0. The Morgan fingerprint density at radius 1 is 0.197 bits per heavy atom. The van der Waals surface area contributed by atoms with E-state index in [0.29, 0.717) is 0 Å². The quantitative estimate of drug-likeness (QED) is 0.144. The summed E-state index contributed by atoms with van der Waals surface area (Å²) in [6, 6.07) is 0. The van der Waals surface area contributed by atoms with Crippen molar-refractivity contribution in [3.8, 4) is 0 Å². The Morgan fingerprint density at radius 2 is 0.197 bits per heavy atom. The molecule has 6 N–H and O–H groups in total. The minimum atomic E-state index is 0. The summed E-state index contributed by atoms with van der Waals surface area (Å²) in [6.07, 6.45) is 0. The second-order valence-corrected chi connectivity index (χ2v) is 0. The molecule has 0 aromatic rings. The molecule has 0 saturated carbocycles. The van der Waals surface area contributed by atoms with Crippen LogP contribution in [0.2, 0.25) is 0 Å². The zero-order chi connectivity index (χ0) is 0. The second-order valence-electron chi connectivity index (χ2n) is 0. The molecule has 0 aliphatic rings. The average molecular weight is 3080 g/mol. The van der Waals surface area contributed by atoms with Gasteiger partial charge in [0.15, 0.2) is 0 Å². The molecule has 36 heteroatoms. The summed E-state index contributed by atoms with van der Waals surface area (Å²) in [7, 11) is 0. The number of hydrogen-bond acceptors (Lipinski definition) is 2. The van der Waals surface area contributed by atoms with E-state index in [4.69, 9.17) is 0 Å². The SMILES string of the molecule is C.C.C.C.C.C.C.C.C.C.C.C.C.C.C.C.C.C.C.C.C.C.C.C.C.F.F.I.I.N.N.P.P.S.S.S.S.S.S.S.S.S.S.[3HH].[3HH].[3HH].[3HH].[H-].[H-].[K+].[K+].[V].[V].[V].[V].[W].[W].[W].[W].[W].[W].[Y].[Y].[Y].[Y].[Y].[Y]. The van der Waals surface area contributed by atoms with Gasteiger partial charge < -0.3 is 15.2 Å². The van der Waals surface area contributed by atoms with Crippen LogP contribution in [0.5, 0.6) is 0 Å². The third kappa shape index (κ3) is 1090. The summed E-state index contributed by atoms with van der Waals surface area (Å²) >= 11 is 0. The van der Waals surface area contributed by atoms with Gasteiger partial charge in [-0.3, -0.25) is 9.41 Å². The zero-order valence-corrected chi connectivity index (χ0v) is 83.1. The van der Waals surface area contributed by atoms with Crippen molar-refractivity contribution in [2.75, 3.05) is 0 Å². The van der Waals surface area contributed by atoms with Crippen molar-refractivity contribution in [1.29, 1.82) is 0 Å². The normalized spacial score (nSPS) is 0. The van der Waals surface area contributed by atoms with Crippen LogP contribution >= 0.6 is 203 Å². The summed E-state index contributed by atoms with van der Waals surface area (Å²) in [5.41, 5.74) is 0. The topological polar surface area (TPSA) is 70.0 Å². The molecule has 0 aliphatic heterocycles. The van der Waals surface area contributed by atoms with Crippen LogP contribution in [-0.2, 0) is 397 Å². The fraction of sp³-hybridized carbons (Fsp3) is 1.00. The van der Waals surface area contributed by atoms with E-state index in [2.05, 4.69) is 0 Å². The zero-order valence-electron chi connectivity index (χ0n) is 21.2. The van der Waals surface area contributed by atoms with Gasteiger partial charge in [0, 0.05) is 403 Å². The van der Waals surface area contributed by atoms with Crippen molar-refractivity contribution in [3.63, 3.8) is 0 Å². The maximum absolute atomic E-state index is 0. The van der Waals surface area contributed by atoms with E-state index in [1.54, 1.807) is 0 Å². The predicted octanol–water partition coefficient (Wildman–Crippen LogP) is 14.2. The van der Waals surface area contributed by atoms with Crippen molar-refractivity contribution < 1.29 is 518 Å². The summed E-state index contributed by atoms with van der Waals surface area (Å²) in [5, 5.41) is 0. The molecule has 0 aromatic carbocycles. The standard InChI is InChI=1S/25CH4.2FH.2HI.2K.2H3N.2H3P.10H2S.4V.6W.6Y.4H2.2H/h25*1H4;4*1H;;;4*1H3;10*1H2;;;;;;;;;;;;;;;;;4*1H;;/q;;;;;;;;;;;;;;;;;;;;;;;;;;;;;2*+1;;;;;;;;;;;;;;;;;;;;;;;;;;;;;;;;;;;2*-1/i;;;;;;;;;;;;;;;;;;;;;;;;;;;;;;;;;;;;;;;;;;;;;;;;;;;;;;;;;;;;;4*1+2;;. The maximum Gasteiger partial charge on any atom is 1.00 e. The first-order valence-electron chi connectivity index (χ1n) is 0. The van der Waals surface area contributed by atoms with E-state index in [-0.39, 0.29) is 918 Å². The maximum atomic E-state index is 0. The van der Waals surface area contributed by atoms with Gasteiger partial charge in [-0.25, -0.2) is 0 Å². The Morgan fingerprint density at radius 3 is 0.197 bits per heavy atom. The van der Waals surface area contributed by atoms with E-state index in [0.717, 1.165) is 0 Å².